The standard InChI is InChI=1S/C25H25N5/c1-18-23(22-14-26-24(27-15-22)20-10-6-3-7-11-20)29-25(28-18)21-12-13-30(17-21)16-19-8-4-2-5-9-19/h2-11,14-15,21H,12-13,16-17H2,1H3,(H,28,29)/t21-/m1/s1. The van der Waals surface area contributed by atoms with Gasteiger partial charge in [-0.3, -0.25) is 4.90 Å². The number of imidazole rings is 1. The monoisotopic (exact) mass is 395 g/mol. The summed E-state index contributed by atoms with van der Waals surface area (Å²) in [7, 11) is 0. The van der Waals surface area contributed by atoms with Crippen LogP contribution in [0.2, 0.25) is 0 Å². The molecule has 5 nitrogen and oxygen atoms in total. The molecule has 4 aromatic rings. The van der Waals surface area contributed by atoms with Crippen LogP contribution < -0.4 is 0 Å². The van der Waals surface area contributed by atoms with Crippen molar-refractivity contribution in [3.63, 3.8) is 0 Å². The maximum Gasteiger partial charge on any atom is 0.159 e. The molecule has 1 aliphatic rings. The minimum atomic E-state index is 0.436. The van der Waals surface area contributed by atoms with Gasteiger partial charge in [0.2, 0.25) is 0 Å². The predicted octanol–water partition coefficient (Wildman–Crippen LogP) is 4.83. The molecule has 30 heavy (non-hydrogen) atoms. The lowest BCUT2D eigenvalue weighted by atomic mass is 10.1. The van der Waals surface area contributed by atoms with Crippen molar-refractivity contribution >= 4 is 0 Å². The van der Waals surface area contributed by atoms with Gasteiger partial charge in [0.1, 0.15) is 5.82 Å². The first-order chi connectivity index (χ1) is 14.8. The summed E-state index contributed by atoms with van der Waals surface area (Å²) in [6.07, 6.45) is 4.87. The van der Waals surface area contributed by atoms with Gasteiger partial charge >= 0.3 is 0 Å². The number of aromatic nitrogens is 4. The molecule has 1 atom stereocenters. The fourth-order valence-corrected chi connectivity index (χ4v) is 4.19. The van der Waals surface area contributed by atoms with Crippen LogP contribution in [0, 0.1) is 6.92 Å². The van der Waals surface area contributed by atoms with Gasteiger partial charge in [-0.2, -0.15) is 0 Å². The molecule has 0 unspecified atom stereocenters. The van der Waals surface area contributed by atoms with Crippen LogP contribution in [0.4, 0.5) is 0 Å². The van der Waals surface area contributed by atoms with Crippen LogP contribution in [-0.2, 0) is 6.54 Å². The van der Waals surface area contributed by atoms with E-state index in [0.717, 1.165) is 60.2 Å². The Balaban J connectivity index is 1.30. The zero-order chi connectivity index (χ0) is 20.3. The number of aromatic amines is 1. The molecule has 1 fully saturated rings. The smallest absolute Gasteiger partial charge is 0.159 e. The molecule has 0 spiro atoms. The Morgan fingerprint density at radius 1 is 0.933 bits per heavy atom. The zero-order valence-electron chi connectivity index (χ0n) is 17.1. The Kier molecular flexibility index (Phi) is 5.11. The third kappa shape index (κ3) is 3.89. The van der Waals surface area contributed by atoms with E-state index in [1.54, 1.807) is 0 Å². The molecule has 3 heterocycles. The summed E-state index contributed by atoms with van der Waals surface area (Å²) in [5.74, 6) is 2.25. The molecule has 0 saturated carbocycles. The first kappa shape index (κ1) is 18.7. The Bertz CT molecular complexity index is 1100. The molecule has 1 aliphatic heterocycles. The van der Waals surface area contributed by atoms with E-state index >= 15 is 0 Å². The van der Waals surface area contributed by atoms with Crippen LogP contribution in [0.1, 0.15) is 29.4 Å². The van der Waals surface area contributed by atoms with E-state index in [2.05, 4.69) is 57.1 Å². The summed E-state index contributed by atoms with van der Waals surface area (Å²) in [5, 5.41) is 0. The van der Waals surface area contributed by atoms with E-state index in [-0.39, 0.29) is 0 Å². The second kappa shape index (κ2) is 8.20. The van der Waals surface area contributed by atoms with E-state index in [1.807, 2.05) is 42.7 Å². The molecule has 0 amide bonds. The molecule has 1 saturated heterocycles. The number of nitrogens with zero attached hydrogens (tertiary/aromatic N) is 4. The van der Waals surface area contributed by atoms with Crippen molar-refractivity contribution in [3.05, 3.63) is 90.1 Å². The van der Waals surface area contributed by atoms with Gasteiger partial charge in [-0.15, -0.1) is 0 Å². The lowest BCUT2D eigenvalue weighted by Crippen LogP contribution is -2.19. The Morgan fingerprint density at radius 3 is 2.37 bits per heavy atom. The first-order valence-electron chi connectivity index (χ1n) is 10.5. The fraction of sp³-hybridized carbons (Fsp3) is 0.240. The molecule has 1 N–H and O–H groups in total. The van der Waals surface area contributed by atoms with Gasteiger partial charge in [0.05, 0.1) is 5.69 Å². The van der Waals surface area contributed by atoms with Crippen molar-refractivity contribution in [1.82, 2.24) is 24.8 Å². The van der Waals surface area contributed by atoms with E-state index in [9.17, 15) is 0 Å². The van der Waals surface area contributed by atoms with Crippen molar-refractivity contribution < 1.29 is 0 Å². The highest BCUT2D eigenvalue weighted by atomic mass is 15.2. The maximum absolute atomic E-state index is 4.94. The number of hydrogen-bond acceptors (Lipinski definition) is 4. The Hall–Kier alpha value is -3.31. The summed E-state index contributed by atoms with van der Waals surface area (Å²) in [6, 6.07) is 20.7. The summed E-state index contributed by atoms with van der Waals surface area (Å²) < 4.78 is 0. The van der Waals surface area contributed by atoms with Crippen LogP contribution in [-0.4, -0.2) is 37.9 Å². The van der Waals surface area contributed by atoms with Crippen molar-refractivity contribution in [2.24, 2.45) is 0 Å². The first-order valence-corrected chi connectivity index (χ1v) is 10.5. The minimum absolute atomic E-state index is 0.436. The third-order valence-electron chi connectivity index (χ3n) is 5.77. The van der Waals surface area contributed by atoms with E-state index in [4.69, 9.17) is 4.98 Å². The highest BCUT2D eigenvalue weighted by Crippen LogP contribution is 2.30. The van der Waals surface area contributed by atoms with Gasteiger partial charge < -0.3 is 4.98 Å². The second-order valence-electron chi connectivity index (χ2n) is 7.96. The largest absolute Gasteiger partial charge is 0.345 e. The van der Waals surface area contributed by atoms with E-state index < -0.39 is 0 Å². The summed E-state index contributed by atoms with van der Waals surface area (Å²) in [6.45, 7) is 5.21. The quantitative estimate of drug-likeness (QED) is 0.526. The van der Waals surface area contributed by atoms with Gasteiger partial charge in [-0.1, -0.05) is 60.7 Å². The molecule has 2 aromatic heterocycles. The molecular weight excluding hydrogens is 370 g/mol. The topological polar surface area (TPSA) is 57.7 Å². The average molecular weight is 396 g/mol. The number of aryl methyl sites for hydroxylation is 1. The number of hydrogen-bond donors (Lipinski definition) is 1. The zero-order valence-corrected chi connectivity index (χ0v) is 17.1. The SMILES string of the molecule is Cc1[nH]c([C@@H]2CCN(Cc3ccccc3)C2)nc1-c1cnc(-c2ccccc2)nc1. The van der Waals surface area contributed by atoms with Crippen LogP contribution in [0.25, 0.3) is 22.6 Å². The fourth-order valence-electron chi connectivity index (χ4n) is 4.19. The summed E-state index contributed by atoms with van der Waals surface area (Å²) in [5.41, 5.74) is 5.36. The van der Waals surface area contributed by atoms with Crippen LogP contribution in [0.3, 0.4) is 0 Å². The Labute approximate surface area is 176 Å². The van der Waals surface area contributed by atoms with Gasteiger partial charge in [0.25, 0.3) is 0 Å². The highest BCUT2D eigenvalue weighted by Gasteiger charge is 2.27. The summed E-state index contributed by atoms with van der Waals surface area (Å²) >= 11 is 0. The summed E-state index contributed by atoms with van der Waals surface area (Å²) in [4.78, 5) is 20.1. The van der Waals surface area contributed by atoms with Crippen LogP contribution in [0.5, 0.6) is 0 Å². The second-order valence-corrected chi connectivity index (χ2v) is 7.96. The molecule has 0 aliphatic carbocycles. The van der Waals surface area contributed by atoms with Gasteiger partial charge in [-0.05, 0) is 25.5 Å². The van der Waals surface area contributed by atoms with Crippen LogP contribution >= 0.6 is 0 Å². The Morgan fingerprint density at radius 2 is 1.63 bits per heavy atom. The number of H-pyrrole nitrogens is 1. The molecule has 150 valence electrons. The number of rotatable bonds is 5. The maximum atomic E-state index is 4.94. The highest BCUT2D eigenvalue weighted by molar-refractivity contribution is 5.62. The molecule has 2 aromatic carbocycles. The van der Waals surface area contributed by atoms with Crippen LogP contribution in [0.15, 0.2) is 73.1 Å². The minimum Gasteiger partial charge on any atom is -0.345 e. The van der Waals surface area contributed by atoms with Crippen molar-refractivity contribution in [3.8, 4) is 22.6 Å². The lowest BCUT2D eigenvalue weighted by molar-refractivity contribution is 0.326. The molecular formula is C25H25N5. The van der Waals surface area contributed by atoms with E-state index in [0.29, 0.717) is 5.92 Å². The normalized spacial score (nSPS) is 16.8. The van der Waals surface area contributed by atoms with Gasteiger partial charge in [0, 0.05) is 48.2 Å². The van der Waals surface area contributed by atoms with E-state index in [1.165, 1.54) is 5.56 Å². The van der Waals surface area contributed by atoms with Crippen molar-refractivity contribution in [2.45, 2.75) is 25.8 Å². The van der Waals surface area contributed by atoms with Gasteiger partial charge in [0.15, 0.2) is 5.82 Å². The molecule has 0 radical (unpaired) electrons. The van der Waals surface area contributed by atoms with Gasteiger partial charge in [-0.25, -0.2) is 15.0 Å². The third-order valence-corrected chi connectivity index (χ3v) is 5.77. The number of benzene rings is 2. The number of likely N-dealkylation sites (tertiary alicyclic amines) is 1. The lowest BCUT2D eigenvalue weighted by Gasteiger charge is -2.15. The molecule has 5 heteroatoms. The predicted molar refractivity (Wildman–Crippen MR) is 119 cm³/mol. The molecule has 0 bridgehead atoms. The number of nitrogens with one attached hydrogen (secondary N) is 1. The molecule has 5 rings (SSSR count). The van der Waals surface area contributed by atoms with Crippen molar-refractivity contribution in [1.29, 1.82) is 0 Å². The average Bonchev–Trinajstić information content (AvgIpc) is 3.42. The van der Waals surface area contributed by atoms with Crippen molar-refractivity contribution in [2.75, 3.05) is 13.1 Å².